The lowest BCUT2D eigenvalue weighted by Gasteiger charge is -2.46. The molecule has 0 radical (unpaired) electrons. The van der Waals surface area contributed by atoms with Crippen LogP contribution in [-0.4, -0.2) is 13.4 Å². The van der Waals surface area contributed by atoms with Crippen LogP contribution in [0.5, 0.6) is 11.5 Å². The van der Waals surface area contributed by atoms with Gasteiger partial charge in [-0.15, -0.1) is 22.7 Å². The van der Waals surface area contributed by atoms with E-state index in [0.717, 1.165) is 130 Å². The Kier molecular flexibility index (Phi) is 13.8. The third-order valence-electron chi connectivity index (χ3n) is 22.0. The topological polar surface area (TPSA) is 25.4 Å². The van der Waals surface area contributed by atoms with Crippen LogP contribution in [-0.2, 0) is 0 Å². The molecule has 0 amide bonds. The highest BCUT2D eigenvalue weighted by Gasteiger charge is 2.49. The molecule has 16 aromatic carbocycles. The first-order valence-corrected chi connectivity index (χ1v) is 37.9. The van der Waals surface area contributed by atoms with Crippen LogP contribution in [0, 0.1) is 0 Å². The molecule has 0 atom stereocenters. The Morgan fingerprint density at radius 1 is 0.274 bits per heavy atom. The molecule has 106 heavy (non-hydrogen) atoms. The summed E-state index contributed by atoms with van der Waals surface area (Å²) in [7, 11) is 0. The van der Waals surface area contributed by atoms with Gasteiger partial charge in [0.15, 0.2) is 0 Å². The van der Waals surface area contributed by atoms with E-state index in [9.17, 15) is 0 Å². The molecule has 0 saturated carbocycles. The standard InChI is InChI=1S/C96H61B2N5OS2/c1-7-30-62(31-8-1)70-44-27-45-71(63-32-9-2-10-33-63)95(70)103-80-50-24-22-48-76(80)98-78-60-77-83(61-87(78)104-88-59-69(58-86(103)94(88)98)99(64-34-11-3-12-35-64)81-51-29-55-91-92(81)74-43-20-26-54-90(74)105-91)102(67-40-17-6-18-41-67)85-57-68(56-84-93(85)97(77)75-47-21-23-49-79(75)101(84)66-38-15-5-16-39-66)100(65-36-13-4-14-37-65)82-52-28-46-73-72-42-19-25-53-89(72)106-96(73)82/h1-61H. The van der Waals surface area contributed by atoms with Crippen molar-refractivity contribution in [2.24, 2.45) is 0 Å². The fourth-order valence-electron chi connectivity index (χ4n) is 17.7. The molecule has 0 bridgehead atoms. The van der Waals surface area contributed by atoms with Crippen molar-refractivity contribution in [2.45, 2.75) is 0 Å². The van der Waals surface area contributed by atoms with Gasteiger partial charge in [-0.3, -0.25) is 0 Å². The Labute approximate surface area is 623 Å². The average molecular weight is 1390 g/mol. The van der Waals surface area contributed by atoms with E-state index in [1.165, 1.54) is 62.2 Å². The van der Waals surface area contributed by atoms with Gasteiger partial charge in [-0.1, -0.05) is 249 Å². The normalized spacial score (nSPS) is 12.9. The first-order valence-electron chi connectivity index (χ1n) is 36.3. The zero-order chi connectivity index (χ0) is 69.5. The molecule has 10 heteroatoms. The summed E-state index contributed by atoms with van der Waals surface area (Å²) in [5, 5.41) is 4.95. The molecule has 6 heterocycles. The van der Waals surface area contributed by atoms with Crippen molar-refractivity contribution in [2.75, 3.05) is 24.5 Å². The van der Waals surface area contributed by atoms with E-state index in [-0.39, 0.29) is 13.4 Å². The van der Waals surface area contributed by atoms with Crippen LogP contribution in [0.4, 0.5) is 85.3 Å². The zero-order valence-electron chi connectivity index (χ0n) is 57.3. The number of hydrogen-bond acceptors (Lipinski definition) is 8. The van der Waals surface area contributed by atoms with Crippen LogP contribution in [0.25, 0.3) is 62.6 Å². The van der Waals surface area contributed by atoms with Crippen molar-refractivity contribution in [3.63, 3.8) is 0 Å². The van der Waals surface area contributed by atoms with E-state index in [1.807, 2.05) is 22.7 Å². The number of benzene rings is 16. The molecule has 0 N–H and O–H groups in total. The van der Waals surface area contributed by atoms with Gasteiger partial charge in [-0.05, 0) is 153 Å². The van der Waals surface area contributed by atoms with Gasteiger partial charge in [0, 0.05) is 116 Å². The van der Waals surface area contributed by atoms with E-state index in [1.54, 1.807) is 0 Å². The van der Waals surface area contributed by atoms with Gasteiger partial charge in [0.2, 0.25) is 0 Å². The van der Waals surface area contributed by atoms with E-state index >= 15 is 0 Å². The minimum absolute atomic E-state index is 0.216. The Balaban J connectivity index is 0.831. The van der Waals surface area contributed by atoms with Gasteiger partial charge in [-0.25, -0.2) is 0 Å². The predicted octanol–water partition coefficient (Wildman–Crippen LogP) is 23.2. The maximum absolute atomic E-state index is 8.10. The Hall–Kier alpha value is -13.1. The highest BCUT2D eigenvalue weighted by Crippen LogP contribution is 2.55. The van der Waals surface area contributed by atoms with Crippen molar-refractivity contribution in [3.8, 4) is 33.8 Å². The lowest BCUT2D eigenvalue weighted by Crippen LogP contribution is -2.64. The number of rotatable bonds is 11. The predicted molar refractivity (Wildman–Crippen MR) is 452 cm³/mol. The zero-order valence-corrected chi connectivity index (χ0v) is 59.0. The average Bonchev–Trinajstić information content (AvgIpc) is 0.801. The molecule has 2 aromatic heterocycles. The van der Waals surface area contributed by atoms with Crippen LogP contribution < -0.4 is 62.0 Å². The molecule has 0 aliphatic carbocycles. The molecule has 6 nitrogen and oxygen atoms in total. The van der Waals surface area contributed by atoms with E-state index in [0.29, 0.717) is 0 Å². The second-order valence-corrected chi connectivity index (χ2v) is 29.9. The summed E-state index contributed by atoms with van der Waals surface area (Å²) in [5.74, 6) is 1.61. The van der Waals surface area contributed by atoms with Crippen molar-refractivity contribution >= 4 is 195 Å². The molecule has 4 aliphatic heterocycles. The third kappa shape index (κ3) is 9.31. The molecule has 494 valence electrons. The molecular weight excluding hydrogens is 1320 g/mol. The summed E-state index contributed by atoms with van der Waals surface area (Å²) < 4.78 is 13.1. The van der Waals surface area contributed by atoms with Gasteiger partial charge in [0.1, 0.15) is 11.5 Å². The minimum Gasteiger partial charge on any atom is -0.458 e. The molecule has 18 aromatic rings. The Morgan fingerprint density at radius 2 is 0.726 bits per heavy atom. The summed E-state index contributed by atoms with van der Waals surface area (Å²) in [5.41, 5.74) is 27.7. The number of para-hydroxylation sites is 7. The van der Waals surface area contributed by atoms with Crippen molar-refractivity contribution in [1.82, 2.24) is 0 Å². The number of thiophene rings is 2. The summed E-state index contributed by atoms with van der Waals surface area (Å²) in [6, 6.07) is 137. The lowest BCUT2D eigenvalue weighted by molar-refractivity contribution is 0.488. The lowest BCUT2D eigenvalue weighted by atomic mass is 9.30. The monoisotopic (exact) mass is 1390 g/mol. The smallest absolute Gasteiger partial charge is 0.256 e. The molecule has 4 aliphatic rings. The van der Waals surface area contributed by atoms with Gasteiger partial charge < -0.3 is 29.2 Å². The summed E-state index contributed by atoms with van der Waals surface area (Å²) in [6.07, 6.45) is 0. The largest absolute Gasteiger partial charge is 0.458 e. The Bertz CT molecular complexity index is 6500. The van der Waals surface area contributed by atoms with Crippen LogP contribution >= 0.6 is 22.7 Å². The van der Waals surface area contributed by atoms with E-state index in [4.69, 9.17) is 4.74 Å². The van der Waals surface area contributed by atoms with Crippen LogP contribution in [0.2, 0.25) is 0 Å². The molecule has 0 fully saturated rings. The second-order valence-electron chi connectivity index (χ2n) is 27.8. The summed E-state index contributed by atoms with van der Waals surface area (Å²) >= 11 is 3.71. The van der Waals surface area contributed by atoms with Crippen LogP contribution in [0.3, 0.4) is 0 Å². The molecular formula is C96H61B2N5OS2. The number of fused-ring (bicyclic) bond motifs is 14. The fourth-order valence-corrected chi connectivity index (χ4v) is 20.0. The quantitative estimate of drug-likeness (QED) is 0.120. The first kappa shape index (κ1) is 60.5. The molecule has 0 saturated heterocycles. The molecule has 0 spiro atoms. The van der Waals surface area contributed by atoms with E-state index in [2.05, 4.69) is 395 Å². The van der Waals surface area contributed by atoms with Crippen LogP contribution in [0.1, 0.15) is 0 Å². The summed E-state index contributed by atoms with van der Waals surface area (Å²) in [6.45, 7) is -0.491. The second kappa shape index (κ2) is 24.3. The van der Waals surface area contributed by atoms with Crippen LogP contribution in [0.15, 0.2) is 370 Å². The minimum atomic E-state index is -0.275. The fraction of sp³-hybridized carbons (Fsp3) is 0. The third-order valence-corrected chi connectivity index (χ3v) is 24.3. The molecule has 22 rings (SSSR count). The maximum Gasteiger partial charge on any atom is 0.256 e. The van der Waals surface area contributed by atoms with Gasteiger partial charge in [0.25, 0.3) is 13.4 Å². The highest BCUT2D eigenvalue weighted by molar-refractivity contribution is 7.26. The SMILES string of the molecule is c1ccc(-c2cccc(-c3ccccc3)c2N2c3ccccc3B3c4cc5c(cc4Oc4cc(N(c6ccccc6)c6cccc7sc8ccccc8c67)cc2c43)N(c2ccccc2)c2cc(N(c3ccccc3)c3cccc4c3sc3ccccc34)cc3c2B5c2ccccc2N3c2ccccc2)cc1. The summed E-state index contributed by atoms with van der Waals surface area (Å²) in [4.78, 5) is 12.6. The first-order chi connectivity index (χ1) is 52.6. The molecule has 0 unspecified atom stereocenters. The van der Waals surface area contributed by atoms with Crippen molar-refractivity contribution in [3.05, 3.63) is 370 Å². The number of hydrogen-bond donors (Lipinski definition) is 0. The van der Waals surface area contributed by atoms with Gasteiger partial charge >= 0.3 is 0 Å². The van der Waals surface area contributed by atoms with Crippen molar-refractivity contribution in [1.29, 1.82) is 0 Å². The van der Waals surface area contributed by atoms with Gasteiger partial charge in [-0.2, -0.15) is 0 Å². The van der Waals surface area contributed by atoms with Crippen molar-refractivity contribution < 1.29 is 4.74 Å². The maximum atomic E-state index is 8.10. The van der Waals surface area contributed by atoms with Gasteiger partial charge in [0.05, 0.1) is 33.1 Å². The number of anilines is 15. The number of ether oxygens (including phenoxy) is 1. The van der Waals surface area contributed by atoms with E-state index < -0.39 is 0 Å². The Morgan fingerprint density at radius 3 is 1.36 bits per heavy atom. The highest BCUT2D eigenvalue weighted by atomic mass is 32.1. The number of nitrogens with zero attached hydrogens (tertiary/aromatic N) is 5.